The van der Waals surface area contributed by atoms with Crippen molar-refractivity contribution in [1.82, 2.24) is 19.9 Å². The Morgan fingerprint density at radius 3 is 1.67 bits per heavy atom. The van der Waals surface area contributed by atoms with Crippen molar-refractivity contribution in [3.05, 3.63) is 84.4 Å². The summed E-state index contributed by atoms with van der Waals surface area (Å²) in [7, 11) is 0. The standard InChI is InChI=1S/C17H14FN3OS.C13H11N3S.C4H5FO2.4H2S/c1-9-4-5-19-8-12(9)10-2-3-14-15(6-10)23-17(20-14)21-16(22)11-7-13(11)18;1-8-4-5-15-7-10(8)9-2-3-11-12(6-9)17-13(14)16-11;5-3-1-2(3)4(6)7;;;;/h2-6,8,11,13H,7H2,1H3,(H,20,21,22);2-7H,1H3,(H2,14,16);2-3H,1H2,(H,6,7);4*1H2/t11-,13+;;2-,3+;;;;/m1.1..../s1. The number of fused-ring (bicyclic) bond motifs is 2. The lowest BCUT2D eigenvalue weighted by Crippen LogP contribution is -2.14. The van der Waals surface area contributed by atoms with Gasteiger partial charge in [0.1, 0.15) is 12.3 Å². The second-order valence-corrected chi connectivity index (χ2v) is 13.5. The maximum Gasteiger partial charge on any atom is 0.309 e. The Morgan fingerprint density at radius 2 is 1.24 bits per heavy atom. The minimum Gasteiger partial charge on any atom is -0.481 e. The lowest BCUT2D eigenvalue weighted by molar-refractivity contribution is -0.138. The Bertz CT molecular complexity index is 2120. The number of benzene rings is 2. The number of aromatic nitrogens is 4. The van der Waals surface area contributed by atoms with Crippen LogP contribution in [0.25, 0.3) is 42.7 Å². The molecule has 2 aromatic carbocycles. The summed E-state index contributed by atoms with van der Waals surface area (Å²) in [4.78, 5) is 38.5. The molecule has 2 saturated carbocycles. The molecule has 4 aromatic heterocycles. The SMILES string of the molecule is Cc1ccncc1-c1ccc2nc(N)sc2c1.Cc1ccncc1-c1ccc2nc(NC(=O)[C@@H]3C[C@@H]3F)sc2c1.O=C(O)[C@@H]1C[C@@H]1F.S.S.S.S. The van der Waals surface area contributed by atoms with Crippen molar-refractivity contribution in [3.8, 4) is 22.3 Å². The zero-order chi connectivity index (χ0) is 33.2. The van der Waals surface area contributed by atoms with Crippen LogP contribution in [-0.4, -0.2) is 49.3 Å². The predicted octanol–water partition coefficient (Wildman–Crippen LogP) is 8.09. The topological polar surface area (TPSA) is 144 Å². The van der Waals surface area contributed by atoms with Crippen molar-refractivity contribution < 1.29 is 23.5 Å². The number of halogens is 2. The van der Waals surface area contributed by atoms with Gasteiger partial charge < -0.3 is 16.2 Å². The van der Waals surface area contributed by atoms with E-state index in [0.717, 1.165) is 48.3 Å². The minimum absolute atomic E-state index is 0. The number of rotatable bonds is 5. The summed E-state index contributed by atoms with van der Waals surface area (Å²) in [5.74, 6) is -2.47. The molecule has 8 rings (SSSR count). The highest BCUT2D eigenvalue weighted by Gasteiger charge is 2.44. The first-order valence-electron chi connectivity index (χ1n) is 14.8. The van der Waals surface area contributed by atoms with E-state index in [2.05, 4.69) is 44.3 Å². The maximum atomic E-state index is 12.9. The number of hydrogen-bond acceptors (Lipinski definition) is 9. The van der Waals surface area contributed by atoms with Crippen LogP contribution in [0.5, 0.6) is 0 Å². The van der Waals surface area contributed by atoms with Crippen LogP contribution in [0.15, 0.2) is 73.3 Å². The van der Waals surface area contributed by atoms with Crippen molar-refractivity contribution in [2.75, 3.05) is 11.1 Å². The minimum atomic E-state index is -1.06. The van der Waals surface area contributed by atoms with Crippen LogP contribution in [0.2, 0.25) is 0 Å². The first-order valence-corrected chi connectivity index (χ1v) is 16.4. The molecule has 0 unspecified atom stereocenters. The number of alkyl halides is 2. The average molecular weight is 809 g/mol. The van der Waals surface area contributed by atoms with E-state index in [4.69, 9.17) is 10.8 Å². The monoisotopic (exact) mass is 808 g/mol. The van der Waals surface area contributed by atoms with Gasteiger partial charge in [0.2, 0.25) is 5.91 Å². The molecule has 4 atom stereocenters. The molecule has 4 N–H and O–H groups in total. The number of nitrogens with one attached hydrogen (secondary N) is 1. The summed E-state index contributed by atoms with van der Waals surface area (Å²) >= 11 is 2.91. The number of aryl methyl sites for hydroxylation is 2. The quantitative estimate of drug-likeness (QED) is 0.159. The third kappa shape index (κ3) is 10.8. The van der Waals surface area contributed by atoms with Gasteiger partial charge in [0, 0.05) is 35.9 Å². The molecule has 0 saturated heterocycles. The van der Waals surface area contributed by atoms with Crippen molar-refractivity contribution >= 4 is 119 Å². The molecule has 2 aliphatic rings. The van der Waals surface area contributed by atoms with Crippen molar-refractivity contribution in [1.29, 1.82) is 0 Å². The van der Waals surface area contributed by atoms with E-state index < -0.39 is 30.1 Å². The van der Waals surface area contributed by atoms with E-state index in [9.17, 15) is 18.4 Å². The highest BCUT2D eigenvalue weighted by atomic mass is 32.1. The van der Waals surface area contributed by atoms with Gasteiger partial charge in [0.15, 0.2) is 10.3 Å². The molecule has 0 aliphatic heterocycles. The second kappa shape index (κ2) is 18.8. The van der Waals surface area contributed by atoms with Gasteiger partial charge in [0.25, 0.3) is 0 Å². The maximum absolute atomic E-state index is 12.9. The zero-order valence-corrected chi connectivity index (χ0v) is 33.0. The van der Waals surface area contributed by atoms with Gasteiger partial charge in [-0.05, 0) is 85.3 Å². The smallest absolute Gasteiger partial charge is 0.309 e. The predicted molar refractivity (Wildman–Crippen MR) is 223 cm³/mol. The lowest BCUT2D eigenvalue weighted by Gasteiger charge is -2.04. The number of carboxylic acids is 1. The summed E-state index contributed by atoms with van der Waals surface area (Å²) in [6.07, 6.45) is 5.80. The molecule has 1 amide bonds. The van der Waals surface area contributed by atoms with Gasteiger partial charge in [-0.2, -0.15) is 54.0 Å². The number of pyridine rings is 2. The number of thiazole rings is 2. The van der Waals surface area contributed by atoms with Crippen LogP contribution in [0.1, 0.15) is 24.0 Å². The number of carboxylic acid groups (broad SMARTS) is 1. The Kier molecular flexibility index (Phi) is 16.1. The Hall–Kier alpha value is -3.48. The number of anilines is 2. The van der Waals surface area contributed by atoms with E-state index in [1.165, 1.54) is 28.2 Å². The fourth-order valence-electron chi connectivity index (χ4n) is 4.84. The molecule has 17 heteroatoms. The number of nitrogen functional groups attached to an aromatic ring is 1. The second-order valence-electron chi connectivity index (χ2n) is 11.4. The average Bonchev–Trinajstić information content (AvgIpc) is 3.88. The van der Waals surface area contributed by atoms with Gasteiger partial charge in [-0.15, -0.1) is 0 Å². The van der Waals surface area contributed by atoms with E-state index >= 15 is 0 Å². The van der Waals surface area contributed by atoms with Crippen LogP contribution in [0, 0.1) is 25.7 Å². The van der Waals surface area contributed by atoms with Gasteiger partial charge in [-0.1, -0.05) is 34.8 Å². The number of hydrogen-bond donors (Lipinski definition) is 3. The van der Waals surface area contributed by atoms with Gasteiger partial charge in [-0.3, -0.25) is 19.6 Å². The Balaban J connectivity index is 0.000000285. The lowest BCUT2D eigenvalue weighted by atomic mass is 10.0. The molecule has 51 heavy (non-hydrogen) atoms. The van der Waals surface area contributed by atoms with Gasteiger partial charge >= 0.3 is 5.97 Å². The molecule has 2 fully saturated rings. The van der Waals surface area contributed by atoms with Gasteiger partial charge in [0.05, 0.1) is 32.3 Å². The summed E-state index contributed by atoms with van der Waals surface area (Å²) < 4.78 is 26.7. The van der Waals surface area contributed by atoms with Crippen LogP contribution < -0.4 is 11.1 Å². The molecule has 0 bridgehead atoms. The molecule has 2 aliphatic carbocycles. The fourth-order valence-corrected chi connectivity index (χ4v) is 6.52. The number of carbonyl (C=O) groups is 2. The van der Waals surface area contributed by atoms with Crippen molar-refractivity contribution in [2.45, 2.75) is 39.0 Å². The first kappa shape index (κ1) is 43.7. The van der Waals surface area contributed by atoms with E-state index in [1.807, 2.05) is 61.9 Å². The summed E-state index contributed by atoms with van der Waals surface area (Å²) in [6.45, 7) is 4.13. The Labute approximate surface area is 329 Å². The largest absolute Gasteiger partial charge is 0.481 e. The molecule has 0 radical (unpaired) electrons. The Morgan fingerprint density at radius 1 is 0.765 bits per heavy atom. The van der Waals surface area contributed by atoms with Crippen LogP contribution in [0.4, 0.5) is 19.0 Å². The molecule has 6 aromatic rings. The van der Waals surface area contributed by atoms with E-state index in [0.29, 0.717) is 16.7 Å². The first-order chi connectivity index (χ1) is 22.6. The third-order valence-electron chi connectivity index (χ3n) is 7.80. The molecular weight excluding hydrogens is 771 g/mol. The fraction of sp³-hybridized carbons (Fsp3) is 0.235. The highest BCUT2D eigenvalue weighted by molar-refractivity contribution is 7.59. The summed E-state index contributed by atoms with van der Waals surface area (Å²) in [6, 6.07) is 16.1. The zero-order valence-electron chi connectivity index (χ0n) is 27.4. The van der Waals surface area contributed by atoms with Crippen LogP contribution >= 0.6 is 76.7 Å². The molecular formula is C34H38F2N6O3S6. The molecule has 4 heterocycles. The normalized spacial score (nSPS) is 17.7. The number of nitrogens with two attached hydrogens (primary N) is 1. The number of nitrogens with zero attached hydrogens (tertiary/aromatic N) is 4. The third-order valence-corrected chi connectivity index (χ3v) is 9.58. The number of carbonyl (C=O) groups excluding carboxylic acids is 1. The molecule has 9 nitrogen and oxygen atoms in total. The van der Waals surface area contributed by atoms with E-state index in [1.54, 1.807) is 6.20 Å². The number of amides is 1. The van der Waals surface area contributed by atoms with E-state index in [-0.39, 0.29) is 66.3 Å². The highest BCUT2D eigenvalue weighted by Crippen LogP contribution is 2.37. The molecule has 0 spiro atoms. The van der Waals surface area contributed by atoms with Gasteiger partial charge in [-0.25, -0.2) is 18.7 Å². The summed E-state index contributed by atoms with van der Waals surface area (Å²) in [5, 5.41) is 11.8. The summed E-state index contributed by atoms with van der Waals surface area (Å²) in [5.41, 5.74) is 14.3. The molecule has 272 valence electrons. The number of aliphatic carboxylic acids is 1. The van der Waals surface area contributed by atoms with Crippen LogP contribution in [-0.2, 0) is 9.59 Å². The van der Waals surface area contributed by atoms with Crippen molar-refractivity contribution in [3.63, 3.8) is 0 Å². The van der Waals surface area contributed by atoms with Crippen LogP contribution in [0.3, 0.4) is 0 Å². The van der Waals surface area contributed by atoms with Crippen molar-refractivity contribution in [2.24, 2.45) is 11.8 Å².